The predicted octanol–water partition coefficient (Wildman–Crippen LogP) is 7.00. The van der Waals surface area contributed by atoms with E-state index in [-0.39, 0.29) is 0 Å². The van der Waals surface area contributed by atoms with Gasteiger partial charge in [0.2, 0.25) is 0 Å². The van der Waals surface area contributed by atoms with Crippen molar-refractivity contribution in [2.24, 2.45) is 0 Å². The molecule has 0 aliphatic heterocycles. The summed E-state index contributed by atoms with van der Waals surface area (Å²) in [7, 11) is 0. The van der Waals surface area contributed by atoms with Crippen molar-refractivity contribution < 1.29 is 4.42 Å². The van der Waals surface area contributed by atoms with Crippen molar-refractivity contribution in [2.45, 2.75) is 0 Å². The fourth-order valence-electron chi connectivity index (χ4n) is 3.87. The van der Waals surface area contributed by atoms with Crippen LogP contribution >= 0.6 is 31.9 Å². The second-order valence-corrected chi connectivity index (χ2v) is 8.46. The molecule has 0 radical (unpaired) electrons. The van der Waals surface area contributed by atoms with Crippen molar-refractivity contribution in [1.29, 1.82) is 0 Å². The molecule has 0 fully saturated rings. The van der Waals surface area contributed by atoms with E-state index in [1.54, 1.807) is 6.33 Å². The summed E-state index contributed by atoms with van der Waals surface area (Å²) in [5.74, 6) is 0.742. The third-order valence-corrected chi connectivity index (χ3v) is 6.03. The van der Waals surface area contributed by atoms with Gasteiger partial charge in [0.1, 0.15) is 17.4 Å². The number of nitrogens with zero attached hydrogens (tertiary/aromatic N) is 3. The van der Waals surface area contributed by atoms with Crippen LogP contribution in [0.5, 0.6) is 0 Å². The van der Waals surface area contributed by atoms with Crippen molar-refractivity contribution in [3.63, 3.8) is 0 Å². The van der Waals surface area contributed by atoms with Gasteiger partial charge in [0.25, 0.3) is 0 Å². The zero-order valence-corrected chi connectivity index (χ0v) is 17.5. The van der Waals surface area contributed by atoms with Crippen molar-refractivity contribution >= 4 is 75.7 Å². The molecule has 0 aliphatic carbocycles. The van der Waals surface area contributed by atoms with E-state index >= 15 is 0 Å². The number of halogens is 2. The molecule has 0 atom stereocenters. The summed E-state index contributed by atoms with van der Waals surface area (Å²) < 4.78 is 10.4. The Morgan fingerprint density at radius 3 is 2.14 bits per heavy atom. The smallest absolute Gasteiger partial charge is 0.197 e. The lowest BCUT2D eigenvalue weighted by Crippen LogP contribution is -1.98. The predicted molar refractivity (Wildman–Crippen MR) is 119 cm³/mol. The third-order valence-electron chi connectivity index (χ3n) is 5.04. The van der Waals surface area contributed by atoms with Gasteiger partial charge in [-0.25, -0.2) is 9.97 Å². The zero-order chi connectivity index (χ0) is 18.8. The lowest BCUT2D eigenvalue weighted by molar-refractivity contribution is 0.662. The van der Waals surface area contributed by atoms with Gasteiger partial charge in [-0.05, 0) is 48.5 Å². The number of aromatic nitrogens is 3. The van der Waals surface area contributed by atoms with Crippen molar-refractivity contribution in [3.05, 3.63) is 75.9 Å². The molecule has 0 saturated heterocycles. The van der Waals surface area contributed by atoms with E-state index in [9.17, 15) is 0 Å². The first-order chi connectivity index (χ1) is 13.7. The van der Waals surface area contributed by atoms with Crippen LogP contribution in [0.15, 0.2) is 80.4 Å². The Bertz CT molecular complexity index is 1490. The normalized spacial score (nSPS) is 11.9. The van der Waals surface area contributed by atoms with Gasteiger partial charge in [-0.2, -0.15) is 0 Å². The number of benzene rings is 3. The first-order valence-electron chi connectivity index (χ1n) is 8.72. The molecule has 6 heteroatoms. The van der Waals surface area contributed by atoms with Crippen LogP contribution in [0.25, 0.3) is 49.7 Å². The minimum atomic E-state index is 0.688. The molecule has 3 aromatic heterocycles. The molecule has 0 amide bonds. The molecule has 6 aromatic rings. The zero-order valence-electron chi connectivity index (χ0n) is 14.4. The molecule has 4 nitrogen and oxygen atoms in total. The number of para-hydroxylation sites is 1. The van der Waals surface area contributed by atoms with Gasteiger partial charge in [0.05, 0.1) is 11.0 Å². The van der Waals surface area contributed by atoms with Gasteiger partial charge >= 0.3 is 0 Å². The number of furan rings is 1. The molecule has 28 heavy (non-hydrogen) atoms. The maximum Gasteiger partial charge on any atom is 0.197 e. The number of rotatable bonds is 1. The summed E-state index contributed by atoms with van der Waals surface area (Å²) in [6.07, 6.45) is 1.61. The largest absolute Gasteiger partial charge is 0.450 e. The van der Waals surface area contributed by atoms with Crippen LogP contribution in [0.4, 0.5) is 0 Å². The second kappa shape index (κ2) is 5.90. The van der Waals surface area contributed by atoms with E-state index in [1.807, 2.05) is 36.4 Å². The Hall–Kier alpha value is -2.70. The quantitative estimate of drug-likeness (QED) is 0.248. The minimum Gasteiger partial charge on any atom is -0.450 e. The monoisotopic (exact) mass is 491 g/mol. The summed E-state index contributed by atoms with van der Waals surface area (Å²) >= 11 is 7.20. The van der Waals surface area contributed by atoms with Crippen molar-refractivity contribution in [1.82, 2.24) is 14.5 Å². The molecular formula is C22H11Br2N3O. The summed E-state index contributed by atoms with van der Waals surface area (Å²) in [5.41, 5.74) is 4.46. The Morgan fingerprint density at radius 1 is 0.750 bits per heavy atom. The first-order valence-corrected chi connectivity index (χ1v) is 10.3. The van der Waals surface area contributed by atoms with Crippen LogP contribution < -0.4 is 0 Å². The SMILES string of the molecule is Brc1ccc2c(c1)c1cc(Br)ccc1n2-c1ncnc2c1oc1ccccc12. The van der Waals surface area contributed by atoms with Crippen molar-refractivity contribution in [3.8, 4) is 5.82 Å². The maximum atomic E-state index is 6.19. The van der Waals surface area contributed by atoms with Gasteiger partial charge in [-0.1, -0.05) is 44.0 Å². The van der Waals surface area contributed by atoms with E-state index in [0.29, 0.717) is 5.58 Å². The number of fused-ring (bicyclic) bond motifs is 6. The fraction of sp³-hybridized carbons (Fsp3) is 0. The highest BCUT2D eigenvalue weighted by Gasteiger charge is 2.19. The topological polar surface area (TPSA) is 43.9 Å². The van der Waals surface area contributed by atoms with Crippen LogP contribution in [-0.2, 0) is 0 Å². The first kappa shape index (κ1) is 16.3. The molecule has 6 rings (SSSR count). The molecule has 0 bridgehead atoms. The van der Waals surface area contributed by atoms with E-state index in [2.05, 4.69) is 70.7 Å². The average Bonchev–Trinajstić information content (AvgIpc) is 3.23. The number of hydrogen-bond donors (Lipinski definition) is 0. The Kier molecular flexibility index (Phi) is 3.43. The van der Waals surface area contributed by atoms with Crippen molar-refractivity contribution in [2.75, 3.05) is 0 Å². The molecule has 3 heterocycles. The van der Waals surface area contributed by atoms with Gasteiger partial charge < -0.3 is 4.42 Å². The standard InChI is InChI=1S/C22H11Br2N3O/c23-12-5-7-17-15(9-12)16-10-13(24)6-8-18(16)27(17)22-21-20(25-11-26-22)14-3-1-2-4-19(14)28-21/h1-11H. The molecule has 134 valence electrons. The second-order valence-electron chi connectivity index (χ2n) is 6.63. The van der Waals surface area contributed by atoms with Crippen LogP contribution in [0, 0.1) is 0 Å². The van der Waals surface area contributed by atoms with E-state index in [4.69, 9.17) is 4.42 Å². The van der Waals surface area contributed by atoms with Gasteiger partial charge in [0, 0.05) is 25.1 Å². The van der Waals surface area contributed by atoms with Gasteiger partial charge in [0.15, 0.2) is 11.4 Å². The molecular weight excluding hydrogens is 482 g/mol. The third kappa shape index (κ3) is 2.22. The van der Waals surface area contributed by atoms with Gasteiger partial charge in [-0.15, -0.1) is 0 Å². The van der Waals surface area contributed by atoms with E-state index in [0.717, 1.165) is 53.1 Å². The minimum absolute atomic E-state index is 0.688. The highest BCUT2D eigenvalue weighted by atomic mass is 79.9. The Morgan fingerprint density at radius 2 is 1.43 bits per heavy atom. The summed E-state index contributed by atoms with van der Waals surface area (Å²) in [6.45, 7) is 0. The highest BCUT2D eigenvalue weighted by Crippen LogP contribution is 2.37. The molecule has 0 spiro atoms. The summed E-state index contributed by atoms with van der Waals surface area (Å²) in [6, 6.07) is 20.5. The van der Waals surface area contributed by atoms with Crippen LogP contribution in [0.1, 0.15) is 0 Å². The molecule has 0 N–H and O–H groups in total. The lowest BCUT2D eigenvalue weighted by atomic mass is 10.2. The maximum absolute atomic E-state index is 6.19. The van der Waals surface area contributed by atoms with Crippen LogP contribution in [0.3, 0.4) is 0 Å². The molecule has 3 aromatic carbocycles. The molecule has 0 saturated carbocycles. The van der Waals surface area contributed by atoms with Crippen LogP contribution in [0.2, 0.25) is 0 Å². The average molecular weight is 493 g/mol. The van der Waals surface area contributed by atoms with Crippen LogP contribution in [-0.4, -0.2) is 14.5 Å². The fourth-order valence-corrected chi connectivity index (χ4v) is 4.59. The number of hydrogen-bond acceptors (Lipinski definition) is 3. The Labute approximate surface area is 176 Å². The highest BCUT2D eigenvalue weighted by molar-refractivity contribution is 9.10. The van der Waals surface area contributed by atoms with E-state index < -0.39 is 0 Å². The molecule has 0 unspecified atom stereocenters. The van der Waals surface area contributed by atoms with Gasteiger partial charge in [-0.3, -0.25) is 4.57 Å². The summed E-state index contributed by atoms with van der Waals surface area (Å²) in [4.78, 5) is 9.12. The lowest BCUT2D eigenvalue weighted by Gasteiger charge is -2.07. The summed E-state index contributed by atoms with van der Waals surface area (Å²) in [5, 5.41) is 3.29. The Balaban J connectivity index is 1.82. The molecule has 0 aliphatic rings. The van der Waals surface area contributed by atoms with E-state index in [1.165, 1.54) is 0 Å².